The van der Waals surface area contributed by atoms with Crippen LogP contribution in [0.25, 0.3) is 0 Å². The van der Waals surface area contributed by atoms with Gasteiger partial charge in [0.25, 0.3) is 0 Å². The van der Waals surface area contributed by atoms with Crippen LogP contribution in [0.4, 0.5) is 0 Å². The second kappa shape index (κ2) is 8.61. The molecular formula is C14H26N2O5. The van der Waals surface area contributed by atoms with Crippen molar-refractivity contribution in [2.75, 3.05) is 6.54 Å². The molecule has 0 radical (unpaired) electrons. The largest absolute Gasteiger partial charge is 0.480 e. The summed E-state index contributed by atoms with van der Waals surface area (Å²) in [5.74, 6) is -2.85. The molecule has 0 saturated carbocycles. The van der Waals surface area contributed by atoms with Crippen molar-refractivity contribution in [2.24, 2.45) is 11.7 Å². The van der Waals surface area contributed by atoms with Gasteiger partial charge in [0.15, 0.2) is 0 Å². The Morgan fingerprint density at radius 3 is 2.24 bits per heavy atom. The molecule has 2 atom stereocenters. The summed E-state index contributed by atoms with van der Waals surface area (Å²) >= 11 is 0. The lowest BCUT2D eigenvalue weighted by molar-refractivity contribution is -0.158. The van der Waals surface area contributed by atoms with E-state index in [-0.39, 0.29) is 6.54 Å². The zero-order valence-electron chi connectivity index (χ0n) is 13.1. The minimum Gasteiger partial charge on any atom is -0.480 e. The van der Waals surface area contributed by atoms with Crippen LogP contribution in [0.2, 0.25) is 0 Å². The summed E-state index contributed by atoms with van der Waals surface area (Å²) < 4.78 is 5.06. The molecule has 0 aromatic carbocycles. The molecular weight excluding hydrogens is 276 g/mol. The highest BCUT2D eigenvalue weighted by molar-refractivity contribution is 5.88. The lowest BCUT2D eigenvalue weighted by Gasteiger charge is -2.22. The Hall–Kier alpha value is -1.63. The fourth-order valence-corrected chi connectivity index (χ4v) is 1.74. The number of aliphatic carboxylic acids is 1. The van der Waals surface area contributed by atoms with Crippen LogP contribution in [0.1, 0.15) is 47.0 Å². The first-order valence-corrected chi connectivity index (χ1v) is 7.05. The van der Waals surface area contributed by atoms with Crippen molar-refractivity contribution in [2.45, 2.75) is 58.6 Å². The normalized spacial score (nSPS) is 14.1. The number of hydrogen-bond donors (Lipinski definition) is 3. The number of carbonyl (C=O) groups excluding carboxylic acids is 2. The molecule has 1 unspecified atom stereocenters. The van der Waals surface area contributed by atoms with Gasteiger partial charge in [-0.3, -0.25) is 9.59 Å². The first-order valence-electron chi connectivity index (χ1n) is 7.05. The van der Waals surface area contributed by atoms with Gasteiger partial charge in [0.2, 0.25) is 5.91 Å². The summed E-state index contributed by atoms with van der Waals surface area (Å²) in [5.41, 5.74) is 4.79. The van der Waals surface area contributed by atoms with E-state index in [2.05, 4.69) is 5.32 Å². The number of esters is 1. The summed E-state index contributed by atoms with van der Waals surface area (Å²) in [5, 5.41) is 11.4. The highest BCUT2D eigenvalue weighted by Crippen LogP contribution is 2.10. The third-order valence-electron chi connectivity index (χ3n) is 2.70. The predicted molar refractivity (Wildman–Crippen MR) is 77.5 cm³/mol. The first kappa shape index (κ1) is 19.4. The van der Waals surface area contributed by atoms with Crippen molar-refractivity contribution in [3.05, 3.63) is 0 Å². The number of amides is 1. The van der Waals surface area contributed by atoms with Crippen molar-refractivity contribution in [3.63, 3.8) is 0 Å². The summed E-state index contributed by atoms with van der Waals surface area (Å²) in [6.07, 6.45) is 0.919. The van der Waals surface area contributed by atoms with E-state index in [0.29, 0.717) is 6.42 Å². The Morgan fingerprint density at radius 2 is 1.86 bits per heavy atom. The molecule has 1 amide bonds. The van der Waals surface area contributed by atoms with E-state index in [0.717, 1.165) is 6.42 Å². The van der Waals surface area contributed by atoms with Crippen LogP contribution in [-0.2, 0) is 19.1 Å². The lowest BCUT2D eigenvalue weighted by Crippen LogP contribution is -2.46. The minimum absolute atomic E-state index is 0.137. The molecule has 0 fully saturated rings. The summed E-state index contributed by atoms with van der Waals surface area (Å²) in [7, 11) is 0. The van der Waals surface area contributed by atoms with Gasteiger partial charge in [-0.05, 0) is 27.2 Å². The Balaban J connectivity index is 4.67. The van der Waals surface area contributed by atoms with Gasteiger partial charge >= 0.3 is 11.9 Å². The fraction of sp³-hybridized carbons (Fsp3) is 0.786. The van der Waals surface area contributed by atoms with E-state index in [1.807, 2.05) is 6.92 Å². The number of carboxylic acid groups (broad SMARTS) is 1. The molecule has 7 heteroatoms. The van der Waals surface area contributed by atoms with Crippen LogP contribution < -0.4 is 11.1 Å². The summed E-state index contributed by atoms with van der Waals surface area (Å²) in [6, 6.07) is -1.31. The molecule has 0 heterocycles. The van der Waals surface area contributed by atoms with Gasteiger partial charge in [0.05, 0.1) is 12.3 Å². The molecule has 0 rings (SSSR count). The standard InChI is InChI=1S/C14H26N2O5/c1-5-6-9(8-15)12(18)16-10(13(19)20)7-11(17)21-14(2,3)4/h9-10H,5-8,15H2,1-4H3,(H,16,18)(H,19,20)/t9?,10-/m0/s1. The summed E-state index contributed by atoms with van der Waals surface area (Å²) in [4.78, 5) is 34.7. The molecule has 0 aromatic rings. The third kappa shape index (κ3) is 8.29. The lowest BCUT2D eigenvalue weighted by atomic mass is 10.0. The molecule has 0 aromatic heterocycles. The van der Waals surface area contributed by atoms with Crippen LogP contribution in [0.15, 0.2) is 0 Å². The zero-order chi connectivity index (χ0) is 16.6. The van der Waals surface area contributed by atoms with Gasteiger partial charge in [0.1, 0.15) is 11.6 Å². The third-order valence-corrected chi connectivity index (χ3v) is 2.70. The number of rotatable bonds is 8. The van der Waals surface area contributed by atoms with Gasteiger partial charge in [-0.1, -0.05) is 13.3 Å². The molecule has 122 valence electrons. The number of nitrogens with two attached hydrogens (primary N) is 1. The van der Waals surface area contributed by atoms with E-state index in [1.165, 1.54) is 0 Å². The first-order chi connectivity index (χ1) is 9.60. The number of nitrogens with one attached hydrogen (secondary N) is 1. The number of carbonyl (C=O) groups is 3. The maximum absolute atomic E-state index is 11.9. The Bertz CT molecular complexity index is 376. The van der Waals surface area contributed by atoms with Crippen molar-refractivity contribution in [1.29, 1.82) is 0 Å². The number of carboxylic acids is 1. The maximum Gasteiger partial charge on any atom is 0.326 e. The zero-order valence-corrected chi connectivity index (χ0v) is 13.1. The van der Waals surface area contributed by atoms with Crippen molar-refractivity contribution in [1.82, 2.24) is 5.32 Å². The van der Waals surface area contributed by atoms with Gasteiger partial charge < -0.3 is 20.9 Å². The highest BCUT2D eigenvalue weighted by Gasteiger charge is 2.28. The van der Waals surface area contributed by atoms with E-state index < -0.39 is 41.8 Å². The molecule has 4 N–H and O–H groups in total. The molecule has 0 bridgehead atoms. The van der Waals surface area contributed by atoms with Crippen molar-refractivity contribution in [3.8, 4) is 0 Å². The smallest absolute Gasteiger partial charge is 0.326 e. The highest BCUT2D eigenvalue weighted by atomic mass is 16.6. The topological polar surface area (TPSA) is 119 Å². The van der Waals surface area contributed by atoms with E-state index in [4.69, 9.17) is 15.6 Å². The van der Waals surface area contributed by atoms with Crippen LogP contribution in [0.5, 0.6) is 0 Å². The Kier molecular flexibility index (Phi) is 7.94. The van der Waals surface area contributed by atoms with Gasteiger partial charge in [-0.15, -0.1) is 0 Å². The van der Waals surface area contributed by atoms with Crippen molar-refractivity contribution >= 4 is 17.8 Å². The van der Waals surface area contributed by atoms with Gasteiger partial charge in [-0.2, -0.15) is 0 Å². The second-order valence-electron chi connectivity index (χ2n) is 5.91. The maximum atomic E-state index is 11.9. The van der Waals surface area contributed by atoms with E-state index in [1.54, 1.807) is 20.8 Å². The predicted octanol–water partition coefficient (Wildman–Crippen LogP) is 0.663. The number of ether oxygens (including phenoxy) is 1. The molecule has 0 aliphatic carbocycles. The molecule has 21 heavy (non-hydrogen) atoms. The minimum atomic E-state index is -1.31. The van der Waals surface area contributed by atoms with Crippen LogP contribution in [0, 0.1) is 5.92 Å². The molecule has 0 aliphatic rings. The SMILES string of the molecule is CCCC(CN)C(=O)N[C@@H](CC(=O)OC(C)(C)C)C(=O)O. The van der Waals surface area contributed by atoms with Crippen LogP contribution in [-0.4, -0.2) is 41.1 Å². The van der Waals surface area contributed by atoms with E-state index >= 15 is 0 Å². The summed E-state index contributed by atoms with van der Waals surface area (Å²) in [6.45, 7) is 7.10. The van der Waals surface area contributed by atoms with Crippen LogP contribution >= 0.6 is 0 Å². The molecule has 0 spiro atoms. The molecule has 0 aliphatic heterocycles. The average molecular weight is 302 g/mol. The quantitative estimate of drug-likeness (QED) is 0.567. The van der Waals surface area contributed by atoms with Gasteiger partial charge in [0, 0.05) is 6.54 Å². The average Bonchev–Trinajstić information content (AvgIpc) is 2.32. The number of hydrogen-bond acceptors (Lipinski definition) is 5. The Labute approximate surface area is 125 Å². The second-order valence-corrected chi connectivity index (χ2v) is 5.91. The molecule has 7 nitrogen and oxygen atoms in total. The van der Waals surface area contributed by atoms with E-state index in [9.17, 15) is 14.4 Å². The van der Waals surface area contributed by atoms with Crippen LogP contribution in [0.3, 0.4) is 0 Å². The van der Waals surface area contributed by atoms with Crippen molar-refractivity contribution < 1.29 is 24.2 Å². The Morgan fingerprint density at radius 1 is 1.29 bits per heavy atom. The fourth-order valence-electron chi connectivity index (χ4n) is 1.74. The van der Waals surface area contributed by atoms with Gasteiger partial charge in [-0.25, -0.2) is 4.79 Å². The molecule has 0 saturated heterocycles. The monoisotopic (exact) mass is 302 g/mol.